The number of hydrogen-bond acceptors (Lipinski definition) is 2. The number of amides is 2. The van der Waals surface area contributed by atoms with Crippen molar-refractivity contribution in [1.29, 1.82) is 0 Å². The molecule has 0 bridgehead atoms. The Morgan fingerprint density at radius 2 is 1.83 bits per heavy atom. The minimum Gasteiger partial charge on any atom is -0.341 e. The Balaban J connectivity index is 1.72. The van der Waals surface area contributed by atoms with Crippen LogP contribution in [0.15, 0.2) is 35.9 Å². The van der Waals surface area contributed by atoms with Crippen LogP contribution < -0.4 is 10.6 Å². The Morgan fingerprint density at radius 1 is 1.17 bits per heavy atom. The smallest absolute Gasteiger partial charge is 0.254 e. The predicted molar refractivity (Wildman–Crippen MR) is 89.8 cm³/mol. The van der Waals surface area contributed by atoms with Crippen LogP contribution in [0, 0.1) is 24.2 Å². The van der Waals surface area contributed by atoms with E-state index in [9.17, 15) is 9.59 Å². The lowest BCUT2D eigenvalue weighted by molar-refractivity contribution is -0.112. The van der Waals surface area contributed by atoms with Gasteiger partial charge in [0.2, 0.25) is 5.91 Å². The molecule has 0 unspecified atom stereocenters. The molecule has 0 radical (unpaired) electrons. The molecule has 2 N–H and O–H groups in total. The number of carbonyl (C=O) groups is 2. The summed E-state index contributed by atoms with van der Waals surface area (Å²) in [5, 5.41) is 5.45. The zero-order valence-electron chi connectivity index (χ0n) is 13.0. The first-order valence-electron chi connectivity index (χ1n) is 8.02. The van der Waals surface area contributed by atoms with E-state index in [1.165, 1.54) is 31.3 Å². The van der Waals surface area contributed by atoms with Gasteiger partial charge in [0.1, 0.15) is 0 Å². The zero-order valence-corrected chi connectivity index (χ0v) is 13.0. The number of terminal acetylenes is 1. The molecule has 0 atom stereocenters. The summed E-state index contributed by atoms with van der Waals surface area (Å²) < 4.78 is 0. The fourth-order valence-electron chi connectivity index (χ4n) is 2.74. The van der Waals surface area contributed by atoms with Crippen LogP contribution in [0.2, 0.25) is 0 Å². The second-order valence-corrected chi connectivity index (χ2v) is 6.11. The third-order valence-electron chi connectivity index (χ3n) is 4.18. The standard InChI is InChI=1S/C19H20N2O2/c1-2-11-20-19(23)15-5-3-4-6-17(15)21-18(22)12-16(13-7-8-13)14-9-10-14/h1,3-6,12-14H,7-11H2,(H,20,23)(H,21,22). The molecule has 2 aliphatic rings. The quantitative estimate of drug-likeness (QED) is 0.627. The number of benzene rings is 1. The number of hydrogen-bond donors (Lipinski definition) is 2. The summed E-state index contributed by atoms with van der Waals surface area (Å²) in [4.78, 5) is 24.4. The lowest BCUT2D eigenvalue weighted by Gasteiger charge is -2.10. The largest absolute Gasteiger partial charge is 0.341 e. The predicted octanol–water partition coefficient (Wildman–Crippen LogP) is 2.73. The average molecular weight is 308 g/mol. The van der Waals surface area contributed by atoms with Gasteiger partial charge in [0.15, 0.2) is 0 Å². The van der Waals surface area contributed by atoms with Gasteiger partial charge in [0.05, 0.1) is 17.8 Å². The van der Waals surface area contributed by atoms with Crippen LogP contribution in [0.4, 0.5) is 5.69 Å². The molecule has 0 aromatic heterocycles. The van der Waals surface area contributed by atoms with Crippen molar-refractivity contribution in [3.05, 3.63) is 41.5 Å². The summed E-state index contributed by atoms with van der Waals surface area (Å²) in [6, 6.07) is 6.95. The first kappa shape index (κ1) is 15.4. The maximum absolute atomic E-state index is 12.3. The molecule has 0 spiro atoms. The first-order chi connectivity index (χ1) is 11.2. The second kappa shape index (κ2) is 6.70. The fraction of sp³-hybridized carbons (Fsp3) is 0.368. The van der Waals surface area contributed by atoms with Crippen LogP contribution in [0.25, 0.3) is 0 Å². The number of nitrogens with one attached hydrogen (secondary N) is 2. The van der Waals surface area contributed by atoms with Gasteiger partial charge in [-0.3, -0.25) is 9.59 Å². The minimum atomic E-state index is -0.285. The molecule has 118 valence electrons. The van der Waals surface area contributed by atoms with Crippen molar-refractivity contribution in [2.75, 3.05) is 11.9 Å². The lowest BCUT2D eigenvalue weighted by atomic mass is 10.1. The molecule has 1 aromatic rings. The Labute approximate surface area is 136 Å². The highest BCUT2D eigenvalue weighted by molar-refractivity contribution is 6.06. The van der Waals surface area contributed by atoms with Gasteiger partial charge in [-0.15, -0.1) is 6.42 Å². The van der Waals surface area contributed by atoms with Crippen molar-refractivity contribution in [1.82, 2.24) is 5.32 Å². The molecular formula is C19H20N2O2. The summed E-state index contributed by atoms with van der Waals surface area (Å²) in [5.41, 5.74) is 2.22. The van der Waals surface area contributed by atoms with Gasteiger partial charge in [-0.05, 0) is 49.7 Å². The molecule has 1 aromatic carbocycles. The number of para-hydroxylation sites is 1. The highest BCUT2D eigenvalue weighted by atomic mass is 16.2. The number of carbonyl (C=O) groups excluding carboxylic acids is 2. The lowest BCUT2D eigenvalue weighted by Crippen LogP contribution is -2.25. The Bertz CT molecular complexity index is 678. The van der Waals surface area contributed by atoms with E-state index in [4.69, 9.17) is 6.42 Å². The SMILES string of the molecule is C#CCNC(=O)c1ccccc1NC(=O)C=C(C1CC1)C1CC1. The molecule has 0 aliphatic heterocycles. The third-order valence-corrected chi connectivity index (χ3v) is 4.18. The maximum atomic E-state index is 12.3. The van der Waals surface area contributed by atoms with Crippen LogP contribution in [0.3, 0.4) is 0 Å². The molecule has 2 fully saturated rings. The molecule has 0 saturated heterocycles. The van der Waals surface area contributed by atoms with E-state index in [0.29, 0.717) is 23.1 Å². The van der Waals surface area contributed by atoms with E-state index < -0.39 is 0 Å². The van der Waals surface area contributed by atoms with Gasteiger partial charge in [0.25, 0.3) is 5.91 Å². The van der Waals surface area contributed by atoms with Crippen molar-refractivity contribution in [2.45, 2.75) is 25.7 Å². The number of allylic oxidation sites excluding steroid dienone is 1. The van der Waals surface area contributed by atoms with Crippen molar-refractivity contribution < 1.29 is 9.59 Å². The van der Waals surface area contributed by atoms with Gasteiger partial charge in [-0.25, -0.2) is 0 Å². The summed E-state index contributed by atoms with van der Waals surface area (Å²) in [6.45, 7) is 0.161. The molecular weight excluding hydrogens is 288 g/mol. The molecule has 3 rings (SSSR count). The number of anilines is 1. The van der Waals surface area contributed by atoms with E-state index in [1.54, 1.807) is 30.3 Å². The Kier molecular flexibility index (Phi) is 4.47. The minimum absolute atomic E-state index is 0.156. The Hall–Kier alpha value is -2.54. The maximum Gasteiger partial charge on any atom is 0.254 e. The molecule has 2 aliphatic carbocycles. The third kappa shape index (κ3) is 4.01. The van der Waals surface area contributed by atoms with Crippen LogP contribution in [-0.2, 0) is 4.79 Å². The van der Waals surface area contributed by atoms with E-state index in [-0.39, 0.29) is 18.4 Å². The van der Waals surface area contributed by atoms with Gasteiger partial charge in [0, 0.05) is 6.08 Å². The second-order valence-electron chi connectivity index (χ2n) is 6.11. The van der Waals surface area contributed by atoms with E-state index in [0.717, 1.165) is 0 Å². The highest BCUT2D eigenvalue weighted by Gasteiger charge is 2.36. The van der Waals surface area contributed by atoms with Crippen molar-refractivity contribution in [3.63, 3.8) is 0 Å². The molecule has 23 heavy (non-hydrogen) atoms. The summed E-state index contributed by atoms with van der Waals surface area (Å²) in [6.07, 6.45) is 11.7. The van der Waals surface area contributed by atoms with Gasteiger partial charge < -0.3 is 10.6 Å². The van der Waals surface area contributed by atoms with Crippen LogP contribution in [0.1, 0.15) is 36.0 Å². The van der Waals surface area contributed by atoms with Crippen molar-refractivity contribution in [3.8, 4) is 12.3 Å². The van der Waals surface area contributed by atoms with E-state index in [2.05, 4.69) is 16.6 Å². The summed E-state index contributed by atoms with van der Waals surface area (Å²) in [7, 11) is 0. The fourth-order valence-corrected chi connectivity index (χ4v) is 2.74. The molecule has 4 heteroatoms. The zero-order chi connectivity index (χ0) is 16.2. The highest BCUT2D eigenvalue weighted by Crippen LogP contribution is 2.48. The van der Waals surface area contributed by atoms with Crippen LogP contribution in [0.5, 0.6) is 0 Å². The van der Waals surface area contributed by atoms with E-state index in [1.807, 2.05) is 0 Å². The van der Waals surface area contributed by atoms with Crippen molar-refractivity contribution in [2.24, 2.45) is 11.8 Å². The molecule has 0 heterocycles. The summed E-state index contributed by atoms with van der Waals surface area (Å²) >= 11 is 0. The topological polar surface area (TPSA) is 58.2 Å². The van der Waals surface area contributed by atoms with Crippen LogP contribution in [-0.4, -0.2) is 18.4 Å². The monoisotopic (exact) mass is 308 g/mol. The molecule has 2 amide bonds. The first-order valence-corrected chi connectivity index (χ1v) is 8.02. The van der Waals surface area contributed by atoms with Gasteiger partial charge in [-0.1, -0.05) is 23.6 Å². The normalized spacial score (nSPS) is 16.1. The van der Waals surface area contributed by atoms with Gasteiger partial charge in [-0.2, -0.15) is 0 Å². The Morgan fingerprint density at radius 3 is 2.43 bits per heavy atom. The van der Waals surface area contributed by atoms with E-state index >= 15 is 0 Å². The van der Waals surface area contributed by atoms with Crippen LogP contribution >= 0.6 is 0 Å². The van der Waals surface area contributed by atoms with Gasteiger partial charge >= 0.3 is 0 Å². The average Bonchev–Trinajstić information content (AvgIpc) is 3.44. The number of rotatable bonds is 6. The molecule has 2 saturated carbocycles. The van der Waals surface area contributed by atoms with Crippen molar-refractivity contribution >= 4 is 17.5 Å². The summed E-state index contributed by atoms with van der Waals surface area (Å²) in [5.74, 6) is 3.12. The molecule has 4 nitrogen and oxygen atoms in total.